The Balaban J connectivity index is 2.05. The predicted molar refractivity (Wildman–Crippen MR) is 88.2 cm³/mol. The first kappa shape index (κ1) is 15.5. The van der Waals surface area contributed by atoms with Crippen molar-refractivity contribution in [3.8, 4) is 11.5 Å². The first-order valence-electron chi connectivity index (χ1n) is 6.46. The summed E-state index contributed by atoms with van der Waals surface area (Å²) in [6, 6.07) is 7.89. The normalized spacial score (nSPS) is 10.6. The number of hydrogen-bond donors (Lipinski definition) is 1. The Bertz CT molecular complexity index is 576. The lowest BCUT2D eigenvalue weighted by Crippen LogP contribution is -2.14. The summed E-state index contributed by atoms with van der Waals surface area (Å²) in [5.41, 5.74) is 1.22. The zero-order chi connectivity index (χ0) is 14.4. The van der Waals surface area contributed by atoms with Crippen LogP contribution in [0.2, 0.25) is 0 Å². The van der Waals surface area contributed by atoms with Crippen LogP contribution in [0.3, 0.4) is 0 Å². The number of nitrogens with zero attached hydrogens (tertiary/aromatic N) is 1. The molecule has 106 valence electrons. The summed E-state index contributed by atoms with van der Waals surface area (Å²) in [5.74, 6) is 1.50. The molecule has 0 amide bonds. The average Bonchev–Trinajstić information content (AvgIpc) is 2.41. The highest BCUT2D eigenvalue weighted by Crippen LogP contribution is 2.27. The van der Waals surface area contributed by atoms with E-state index in [1.807, 2.05) is 18.2 Å². The third-order valence-electron chi connectivity index (χ3n) is 2.68. The van der Waals surface area contributed by atoms with E-state index in [-0.39, 0.29) is 0 Å². The van der Waals surface area contributed by atoms with Crippen molar-refractivity contribution >= 4 is 31.9 Å². The van der Waals surface area contributed by atoms with Gasteiger partial charge in [0.25, 0.3) is 0 Å². The average molecular weight is 400 g/mol. The smallest absolute Gasteiger partial charge is 0.146 e. The van der Waals surface area contributed by atoms with Gasteiger partial charge in [0.1, 0.15) is 11.5 Å². The van der Waals surface area contributed by atoms with Crippen LogP contribution in [0.15, 0.2) is 45.6 Å². The third-order valence-corrected chi connectivity index (χ3v) is 3.85. The highest BCUT2D eigenvalue weighted by molar-refractivity contribution is 9.10. The summed E-state index contributed by atoms with van der Waals surface area (Å²) in [5, 5.41) is 3.38. The standard InChI is InChI=1S/C15H16Br2N2O/c1-2-5-18-8-11-3-4-13(7-15(11)17)20-14-6-12(16)9-19-10-14/h3-4,6-7,9-10,18H,2,5,8H2,1H3. The fraction of sp³-hybridized carbons (Fsp3) is 0.267. The van der Waals surface area contributed by atoms with E-state index in [1.165, 1.54) is 5.56 Å². The second-order valence-corrected chi connectivity index (χ2v) is 6.14. The molecule has 0 spiro atoms. The molecule has 1 aromatic heterocycles. The summed E-state index contributed by atoms with van der Waals surface area (Å²) < 4.78 is 7.72. The van der Waals surface area contributed by atoms with Gasteiger partial charge in [0.2, 0.25) is 0 Å². The molecule has 2 aromatic rings. The predicted octanol–water partition coefficient (Wildman–Crippen LogP) is 4.90. The molecule has 0 radical (unpaired) electrons. The van der Waals surface area contributed by atoms with Crippen LogP contribution in [-0.2, 0) is 6.54 Å². The number of pyridine rings is 1. The molecular weight excluding hydrogens is 384 g/mol. The molecule has 2 rings (SSSR count). The molecule has 0 aliphatic heterocycles. The van der Waals surface area contributed by atoms with Crippen LogP contribution < -0.4 is 10.1 Å². The van der Waals surface area contributed by atoms with Gasteiger partial charge >= 0.3 is 0 Å². The van der Waals surface area contributed by atoms with Gasteiger partial charge in [0, 0.05) is 21.7 Å². The fourth-order valence-electron chi connectivity index (χ4n) is 1.72. The van der Waals surface area contributed by atoms with Crippen molar-refractivity contribution in [2.75, 3.05) is 6.54 Å². The zero-order valence-electron chi connectivity index (χ0n) is 11.2. The summed E-state index contributed by atoms with van der Waals surface area (Å²) >= 11 is 6.96. The van der Waals surface area contributed by atoms with Gasteiger partial charge in [-0.3, -0.25) is 4.98 Å². The molecule has 0 fully saturated rings. The number of benzene rings is 1. The number of hydrogen-bond acceptors (Lipinski definition) is 3. The Kier molecular flexibility index (Phi) is 6.01. The van der Waals surface area contributed by atoms with Crippen LogP contribution in [0.25, 0.3) is 0 Å². The maximum Gasteiger partial charge on any atom is 0.146 e. The van der Waals surface area contributed by atoms with E-state index in [1.54, 1.807) is 12.4 Å². The Morgan fingerprint density at radius 1 is 1.15 bits per heavy atom. The highest BCUT2D eigenvalue weighted by Gasteiger charge is 2.04. The van der Waals surface area contributed by atoms with E-state index >= 15 is 0 Å². The quantitative estimate of drug-likeness (QED) is 0.701. The fourth-order valence-corrected chi connectivity index (χ4v) is 2.56. The number of ether oxygens (including phenoxy) is 1. The molecule has 5 heteroatoms. The van der Waals surface area contributed by atoms with Crippen LogP contribution in [-0.4, -0.2) is 11.5 Å². The maximum atomic E-state index is 5.78. The van der Waals surface area contributed by atoms with Crippen LogP contribution in [0.1, 0.15) is 18.9 Å². The van der Waals surface area contributed by atoms with Gasteiger partial charge in [0.15, 0.2) is 0 Å². The van der Waals surface area contributed by atoms with Gasteiger partial charge in [0.05, 0.1) is 6.20 Å². The molecule has 0 aliphatic carbocycles. The van der Waals surface area contributed by atoms with Crippen molar-refractivity contribution < 1.29 is 4.74 Å². The van der Waals surface area contributed by atoms with Gasteiger partial charge in [-0.15, -0.1) is 0 Å². The molecular formula is C15H16Br2N2O. The Morgan fingerprint density at radius 2 is 2.00 bits per heavy atom. The minimum Gasteiger partial charge on any atom is -0.456 e. The Labute approximate surface area is 136 Å². The molecule has 0 atom stereocenters. The number of aromatic nitrogens is 1. The van der Waals surface area contributed by atoms with E-state index < -0.39 is 0 Å². The first-order valence-corrected chi connectivity index (χ1v) is 8.05. The summed E-state index contributed by atoms with van der Waals surface area (Å²) in [6.45, 7) is 4.03. The van der Waals surface area contributed by atoms with Gasteiger partial charge in [-0.25, -0.2) is 0 Å². The van der Waals surface area contributed by atoms with Gasteiger partial charge < -0.3 is 10.1 Å². The molecule has 1 aromatic carbocycles. The lowest BCUT2D eigenvalue weighted by molar-refractivity contribution is 0.479. The highest BCUT2D eigenvalue weighted by atomic mass is 79.9. The van der Waals surface area contributed by atoms with Crippen molar-refractivity contribution in [2.24, 2.45) is 0 Å². The minimum absolute atomic E-state index is 0.711. The van der Waals surface area contributed by atoms with E-state index in [9.17, 15) is 0 Å². The lowest BCUT2D eigenvalue weighted by Gasteiger charge is -2.09. The molecule has 0 aliphatic rings. The van der Waals surface area contributed by atoms with Crippen molar-refractivity contribution in [2.45, 2.75) is 19.9 Å². The second kappa shape index (κ2) is 7.76. The molecule has 20 heavy (non-hydrogen) atoms. The summed E-state index contributed by atoms with van der Waals surface area (Å²) in [4.78, 5) is 4.08. The third kappa shape index (κ3) is 4.58. The van der Waals surface area contributed by atoms with E-state index in [0.29, 0.717) is 5.75 Å². The monoisotopic (exact) mass is 398 g/mol. The lowest BCUT2D eigenvalue weighted by atomic mass is 10.2. The minimum atomic E-state index is 0.711. The Morgan fingerprint density at radius 3 is 2.70 bits per heavy atom. The molecule has 3 nitrogen and oxygen atoms in total. The number of nitrogens with one attached hydrogen (secondary N) is 1. The molecule has 0 saturated heterocycles. The molecule has 0 bridgehead atoms. The topological polar surface area (TPSA) is 34.1 Å². The summed E-state index contributed by atoms with van der Waals surface area (Å²) in [7, 11) is 0. The van der Waals surface area contributed by atoms with Crippen LogP contribution >= 0.6 is 31.9 Å². The van der Waals surface area contributed by atoms with Gasteiger partial charge in [-0.05, 0) is 52.7 Å². The van der Waals surface area contributed by atoms with E-state index in [0.717, 1.165) is 34.2 Å². The Hall–Kier alpha value is -0.910. The number of halogens is 2. The van der Waals surface area contributed by atoms with E-state index in [4.69, 9.17) is 4.74 Å². The van der Waals surface area contributed by atoms with Crippen molar-refractivity contribution in [1.82, 2.24) is 10.3 Å². The summed E-state index contributed by atoms with van der Waals surface area (Å²) in [6.07, 6.45) is 4.55. The van der Waals surface area contributed by atoms with Crippen LogP contribution in [0.5, 0.6) is 11.5 Å². The van der Waals surface area contributed by atoms with Crippen molar-refractivity contribution in [3.05, 3.63) is 51.2 Å². The number of rotatable bonds is 6. The molecule has 0 saturated carbocycles. The first-order chi connectivity index (χ1) is 9.69. The van der Waals surface area contributed by atoms with Crippen LogP contribution in [0.4, 0.5) is 0 Å². The van der Waals surface area contributed by atoms with Crippen molar-refractivity contribution in [3.63, 3.8) is 0 Å². The maximum absolute atomic E-state index is 5.78. The van der Waals surface area contributed by atoms with Gasteiger partial charge in [-0.1, -0.05) is 28.9 Å². The SMILES string of the molecule is CCCNCc1ccc(Oc2cncc(Br)c2)cc1Br. The van der Waals surface area contributed by atoms with E-state index in [2.05, 4.69) is 55.2 Å². The second-order valence-electron chi connectivity index (χ2n) is 4.37. The van der Waals surface area contributed by atoms with Gasteiger partial charge in [-0.2, -0.15) is 0 Å². The molecule has 1 N–H and O–H groups in total. The van der Waals surface area contributed by atoms with Crippen molar-refractivity contribution in [1.29, 1.82) is 0 Å². The molecule has 0 unspecified atom stereocenters. The zero-order valence-corrected chi connectivity index (χ0v) is 14.4. The molecule has 1 heterocycles. The largest absolute Gasteiger partial charge is 0.456 e. The van der Waals surface area contributed by atoms with Crippen LogP contribution in [0, 0.1) is 0 Å².